The minimum atomic E-state index is -0.490. The van der Waals surface area contributed by atoms with E-state index in [4.69, 9.17) is 6.57 Å². The Bertz CT molecular complexity index is 8540. The van der Waals surface area contributed by atoms with E-state index >= 15 is 8.78 Å². The summed E-state index contributed by atoms with van der Waals surface area (Å²) in [6, 6.07) is 161. The zero-order valence-electron chi connectivity index (χ0n) is 75.3. The largest absolute Gasteiger partial charge is 0.310 e. The minimum absolute atomic E-state index is 0.307. The number of benzene rings is 22. The third kappa shape index (κ3) is 14.2. The predicted molar refractivity (Wildman–Crippen MR) is 564 cm³/mol. The molecule has 0 atom stereocenters. The van der Waals surface area contributed by atoms with Crippen LogP contribution in [0.5, 0.6) is 0 Å². The summed E-state index contributed by atoms with van der Waals surface area (Å²) in [4.78, 5) is 12.5. The number of fused-ring (bicyclic) bond motifs is 12. The van der Waals surface area contributed by atoms with Crippen LogP contribution in [0.2, 0.25) is 0 Å². The molecule has 0 amide bonds. The average Bonchev–Trinajstić information content (AvgIpc) is 0.699. The van der Waals surface area contributed by atoms with Gasteiger partial charge in [-0.2, -0.15) is 5.26 Å². The van der Waals surface area contributed by atoms with Gasteiger partial charge in [-0.05, 0) is 289 Å². The van der Waals surface area contributed by atoms with Crippen molar-refractivity contribution in [3.05, 3.63) is 512 Å². The lowest BCUT2D eigenvalue weighted by molar-refractivity contribution is 0.629. The van der Waals surface area contributed by atoms with Gasteiger partial charge in [0.25, 0.3) is 0 Å². The maximum atomic E-state index is 17.9. The van der Waals surface area contributed by atoms with E-state index < -0.39 is 5.41 Å². The van der Waals surface area contributed by atoms with Crippen molar-refractivity contribution in [2.24, 2.45) is 0 Å². The predicted octanol–water partition coefficient (Wildman–Crippen LogP) is 36.2. The van der Waals surface area contributed by atoms with Crippen LogP contribution in [0.25, 0.3) is 136 Å². The van der Waals surface area contributed by atoms with Gasteiger partial charge in [0.05, 0.1) is 41.0 Å². The molecule has 24 rings (SSSR count). The molecule has 22 aromatic rings. The first-order valence-corrected chi connectivity index (χ1v) is 46.1. The van der Waals surface area contributed by atoms with Crippen LogP contribution < -0.4 is 19.6 Å². The highest BCUT2D eigenvalue weighted by Gasteiger charge is 2.39. The van der Waals surface area contributed by atoms with Gasteiger partial charge in [-0.15, -0.1) is 0 Å². The molecule has 0 spiro atoms. The van der Waals surface area contributed by atoms with Crippen LogP contribution >= 0.6 is 0 Å². The Morgan fingerprint density at radius 2 is 0.551 bits per heavy atom. The third-order valence-electron chi connectivity index (χ3n) is 27.7. The van der Waals surface area contributed by atoms with Crippen molar-refractivity contribution in [2.75, 3.05) is 19.6 Å². The molecule has 6 nitrogen and oxygen atoms in total. The second-order valence-corrected chi connectivity index (χ2v) is 36.2. The van der Waals surface area contributed by atoms with E-state index in [0.717, 1.165) is 150 Å². The van der Waals surface area contributed by atoms with Crippen LogP contribution in [0.4, 0.5) is 82.7 Å². The van der Waals surface area contributed by atoms with Gasteiger partial charge < -0.3 is 19.6 Å². The van der Waals surface area contributed by atoms with Gasteiger partial charge in [0, 0.05) is 78.2 Å². The Balaban J connectivity index is 0.000000161. The number of halogens is 2. The molecule has 0 aliphatic heterocycles. The molecule has 0 saturated heterocycles. The van der Waals surface area contributed by atoms with Crippen LogP contribution in [-0.4, -0.2) is 0 Å². The van der Waals surface area contributed by atoms with E-state index in [2.05, 4.69) is 313 Å². The Kier molecular flexibility index (Phi) is 20.7. The van der Waals surface area contributed by atoms with Crippen molar-refractivity contribution in [3.8, 4) is 72.8 Å². The van der Waals surface area contributed by atoms with Crippen LogP contribution in [0.3, 0.4) is 0 Å². The molecule has 0 aromatic heterocycles. The standard InChI is InChI=1S/C75H52F2N2.C53H36N4/c1-75(2)67-39-23-38-61-65-48-71(79(56-34-19-8-20-35-56)74-63(52-30-15-6-16-31-52)43-54(45-70(74)77)50-26-11-4-12-27-50)60-37-22-21-36-58(60)64(65)47-66(72(61)67)59-41-40-57(46-68(59)75)78(55-32-17-7-18-33-55)73-62(51-28-13-5-14-29-51)42-53(44-69(73)76)49-24-9-3-10-25-49;1-53(2)49-20-12-19-45-47-33-51(57(38-15-8-5-9-16-38)40-27-23-36(55-3)24-28-40)44-18-11-10-17-42(44)46(47)32-48(52(45)49)43-30-29-41(31-50(43)53)56(37-13-6-4-7-14-37)39-25-21-35(34-54)22-26-39/h3-48H,1-2H3;4-33H,1-2H3. The SMILES string of the molecule is CC1(C)c2cc(N(c3ccccc3)c3c(F)cc(-c4ccccc4)cc3-c3ccccc3)ccc2-c2cc3c4ccccc4c(N(c4ccccc4)c4c(F)cc(-c5ccccc5)cc4-c4ccccc4)cc3c3cccc1c23.[C-]#[N+]c1ccc(N(c2ccccc2)c2cc3c4cccc5c4c(cc3c3ccccc23)-c2ccc(N(c3ccccc3)c3ccc(C#N)cc3)cc2C5(C)C)cc1. The van der Waals surface area contributed by atoms with Crippen LogP contribution in [0, 0.1) is 29.5 Å². The average molecular weight is 1750 g/mol. The summed E-state index contributed by atoms with van der Waals surface area (Å²) < 4.78 is 35.5. The zero-order chi connectivity index (χ0) is 91.9. The Labute approximate surface area is 790 Å². The van der Waals surface area contributed by atoms with Gasteiger partial charge in [0.15, 0.2) is 5.69 Å². The molecule has 2 aliphatic rings. The molecular formula is C128H88F2N6. The topological polar surface area (TPSA) is 41.1 Å². The normalized spacial score (nSPS) is 12.4. The zero-order valence-corrected chi connectivity index (χ0v) is 75.3. The molecule has 8 heteroatoms. The van der Waals surface area contributed by atoms with Crippen molar-refractivity contribution in [1.29, 1.82) is 5.26 Å². The van der Waals surface area contributed by atoms with E-state index in [0.29, 0.717) is 22.6 Å². The van der Waals surface area contributed by atoms with E-state index in [-0.39, 0.29) is 17.0 Å². The summed E-state index contributed by atoms with van der Waals surface area (Å²) in [6.07, 6.45) is 0. The molecule has 0 radical (unpaired) electrons. The number of anilines is 12. The Morgan fingerprint density at radius 1 is 0.235 bits per heavy atom. The van der Waals surface area contributed by atoms with Crippen LogP contribution in [0.15, 0.2) is 461 Å². The highest BCUT2D eigenvalue weighted by Crippen LogP contribution is 2.59. The fourth-order valence-electron chi connectivity index (χ4n) is 21.3. The van der Waals surface area contributed by atoms with Crippen molar-refractivity contribution in [2.45, 2.75) is 38.5 Å². The fourth-order valence-corrected chi connectivity index (χ4v) is 21.3. The number of nitrogens with zero attached hydrogens (tertiary/aromatic N) is 6. The van der Waals surface area contributed by atoms with Gasteiger partial charge in [-0.3, -0.25) is 0 Å². The van der Waals surface area contributed by atoms with Crippen molar-refractivity contribution in [3.63, 3.8) is 0 Å². The van der Waals surface area contributed by atoms with Gasteiger partial charge in [-0.25, -0.2) is 13.6 Å². The van der Waals surface area contributed by atoms with Crippen molar-refractivity contribution >= 4 is 139 Å². The quantitative estimate of drug-likeness (QED) is 0.0712. The lowest BCUT2D eigenvalue weighted by atomic mass is 9.68. The van der Waals surface area contributed by atoms with E-state index in [1.54, 1.807) is 12.1 Å². The van der Waals surface area contributed by atoms with Gasteiger partial charge in [0.2, 0.25) is 0 Å². The van der Waals surface area contributed by atoms with E-state index in [1.165, 1.54) is 60.1 Å². The summed E-state index contributed by atoms with van der Waals surface area (Å²) in [6.45, 7) is 16.9. The van der Waals surface area contributed by atoms with Crippen LogP contribution in [-0.2, 0) is 10.8 Å². The summed E-state index contributed by atoms with van der Waals surface area (Å²) in [5.74, 6) is -0.639. The van der Waals surface area contributed by atoms with E-state index in [1.807, 2.05) is 194 Å². The molecule has 2 aliphatic carbocycles. The second kappa shape index (κ2) is 34.0. The highest BCUT2D eigenvalue weighted by atomic mass is 19.1. The molecule has 22 aromatic carbocycles. The molecule has 644 valence electrons. The first-order valence-electron chi connectivity index (χ1n) is 46.1. The molecule has 0 unspecified atom stereocenters. The molecule has 0 N–H and O–H groups in total. The maximum Gasteiger partial charge on any atom is 0.187 e. The third-order valence-corrected chi connectivity index (χ3v) is 27.7. The number of para-hydroxylation sites is 4. The number of hydrogen-bond donors (Lipinski definition) is 0. The van der Waals surface area contributed by atoms with E-state index in [9.17, 15) is 5.26 Å². The summed E-state index contributed by atoms with van der Waals surface area (Å²) in [5, 5.41) is 23.3. The Hall–Kier alpha value is -17.6. The molecule has 0 fully saturated rings. The molecule has 0 heterocycles. The van der Waals surface area contributed by atoms with Gasteiger partial charge in [0.1, 0.15) is 11.6 Å². The smallest absolute Gasteiger partial charge is 0.187 e. The molecule has 0 saturated carbocycles. The first-order chi connectivity index (χ1) is 66.7. The van der Waals surface area contributed by atoms with Crippen molar-refractivity contribution in [1.82, 2.24) is 0 Å². The monoisotopic (exact) mass is 1750 g/mol. The summed E-state index contributed by atoms with van der Waals surface area (Å²) in [5.41, 5.74) is 27.7. The minimum Gasteiger partial charge on any atom is -0.310 e. The summed E-state index contributed by atoms with van der Waals surface area (Å²) >= 11 is 0. The number of nitriles is 1. The lowest BCUT2D eigenvalue weighted by Crippen LogP contribution is -2.24. The maximum absolute atomic E-state index is 17.9. The van der Waals surface area contributed by atoms with Gasteiger partial charge in [-0.1, -0.05) is 331 Å². The molecular weight excluding hydrogens is 1660 g/mol. The van der Waals surface area contributed by atoms with Gasteiger partial charge >= 0.3 is 0 Å². The first kappa shape index (κ1) is 82.8. The molecule has 136 heavy (non-hydrogen) atoms. The molecule has 0 bridgehead atoms. The lowest BCUT2D eigenvalue weighted by Gasteiger charge is -2.37. The van der Waals surface area contributed by atoms with Crippen LogP contribution in [0.1, 0.15) is 55.5 Å². The second-order valence-electron chi connectivity index (χ2n) is 36.2. The Morgan fingerprint density at radius 3 is 0.971 bits per heavy atom. The number of rotatable bonds is 16. The fraction of sp³-hybridized carbons (Fsp3) is 0.0469. The highest BCUT2D eigenvalue weighted by molar-refractivity contribution is 6.28. The van der Waals surface area contributed by atoms with Crippen molar-refractivity contribution < 1.29 is 8.78 Å². The number of hydrogen-bond acceptors (Lipinski definition) is 5. The summed E-state index contributed by atoms with van der Waals surface area (Å²) in [7, 11) is 0.